The van der Waals surface area contributed by atoms with Crippen molar-refractivity contribution in [3.8, 4) is 0 Å². The second-order valence-corrected chi connectivity index (χ2v) is 4.65. The van der Waals surface area contributed by atoms with Crippen LogP contribution in [-0.2, 0) is 0 Å². The molecule has 1 amide bonds. The molecule has 0 radical (unpaired) electrons. The summed E-state index contributed by atoms with van der Waals surface area (Å²) in [5.74, 6) is -1.10. The quantitative estimate of drug-likeness (QED) is 0.692. The number of para-hydroxylation sites is 1. The van der Waals surface area contributed by atoms with E-state index < -0.39 is 16.6 Å². The van der Waals surface area contributed by atoms with Gasteiger partial charge in [-0.1, -0.05) is 18.2 Å². The molecule has 0 fully saturated rings. The number of benzene rings is 2. The fourth-order valence-corrected chi connectivity index (χ4v) is 1.95. The minimum atomic E-state index is -0.645. The Hall–Kier alpha value is -2.76. The lowest BCUT2D eigenvalue weighted by atomic mass is 10.1. The highest BCUT2D eigenvalue weighted by Gasteiger charge is 2.22. The van der Waals surface area contributed by atoms with E-state index in [1.54, 1.807) is 26.0 Å². The SMILES string of the molecule is Cc1ccc(NC(=O)c2cccc(C)c2[N+](=O)[O-])cc1F. The number of amides is 1. The van der Waals surface area contributed by atoms with Gasteiger partial charge in [0.05, 0.1) is 4.92 Å². The van der Waals surface area contributed by atoms with E-state index in [-0.39, 0.29) is 16.9 Å². The Labute approximate surface area is 120 Å². The molecule has 2 aromatic rings. The molecule has 0 aliphatic heterocycles. The third-order valence-electron chi connectivity index (χ3n) is 3.09. The van der Waals surface area contributed by atoms with E-state index in [1.807, 2.05) is 0 Å². The molecule has 21 heavy (non-hydrogen) atoms. The third kappa shape index (κ3) is 3.05. The van der Waals surface area contributed by atoms with Gasteiger partial charge in [-0.05, 0) is 37.6 Å². The van der Waals surface area contributed by atoms with Crippen LogP contribution in [0.4, 0.5) is 15.8 Å². The number of carbonyl (C=O) groups is 1. The van der Waals surface area contributed by atoms with E-state index in [4.69, 9.17) is 0 Å². The summed E-state index contributed by atoms with van der Waals surface area (Å²) in [5, 5.41) is 13.5. The highest BCUT2D eigenvalue weighted by Crippen LogP contribution is 2.24. The van der Waals surface area contributed by atoms with Crippen molar-refractivity contribution < 1.29 is 14.1 Å². The molecule has 0 spiro atoms. The number of nitrogens with zero attached hydrogens (tertiary/aromatic N) is 1. The van der Waals surface area contributed by atoms with Crippen LogP contribution in [0.25, 0.3) is 0 Å². The summed E-state index contributed by atoms with van der Waals surface area (Å²) < 4.78 is 13.4. The van der Waals surface area contributed by atoms with Crippen LogP contribution in [0.2, 0.25) is 0 Å². The molecule has 108 valence electrons. The first kappa shape index (κ1) is 14.6. The number of carbonyl (C=O) groups excluding carboxylic acids is 1. The van der Waals surface area contributed by atoms with Gasteiger partial charge in [0.1, 0.15) is 11.4 Å². The third-order valence-corrected chi connectivity index (χ3v) is 3.09. The molecular formula is C15H13FN2O3. The van der Waals surface area contributed by atoms with Gasteiger partial charge in [-0.25, -0.2) is 4.39 Å². The van der Waals surface area contributed by atoms with E-state index in [2.05, 4.69) is 5.32 Å². The standard InChI is InChI=1S/C15H13FN2O3/c1-9-6-7-11(8-13(9)16)17-15(19)12-5-3-4-10(2)14(12)18(20)21/h3-8H,1-2H3,(H,17,19). The van der Waals surface area contributed by atoms with Crippen LogP contribution in [-0.4, -0.2) is 10.8 Å². The van der Waals surface area contributed by atoms with E-state index >= 15 is 0 Å². The van der Waals surface area contributed by atoms with Crippen LogP contribution in [0.15, 0.2) is 36.4 Å². The van der Waals surface area contributed by atoms with Gasteiger partial charge in [0.25, 0.3) is 11.6 Å². The van der Waals surface area contributed by atoms with Gasteiger partial charge in [0.2, 0.25) is 0 Å². The molecule has 2 aromatic carbocycles. The van der Waals surface area contributed by atoms with Crippen LogP contribution >= 0.6 is 0 Å². The van der Waals surface area contributed by atoms with Gasteiger partial charge in [-0.15, -0.1) is 0 Å². The summed E-state index contributed by atoms with van der Waals surface area (Å²) in [6.07, 6.45) is 0. The van der Waals surface area contributed by atoms with Gasteiger partial charge < -0.3 is 5.32 Å². The maximum Gasteiger partial charge on any atom is 0.285 e. The average molecular weight is 288 g/mol. The van der Waals surface area contributed by atoms with Crippen LogP contribution in [0, 0.1) is 29.8 Å². The van der Waals surface area contributed by atoms with Crippen molar-refractivity contribution in [2.45, 2.75) is 13.8 Å². The lowest BCUT2D eigenvalue weighted by Gasteiger charge is -2.08. The molecule has 0 aromatic heterocycles. The number of hydrogen-bond donors (Lipinski definition) is 1. The van der Waals surface area contributed by atoms with Crippen molar-refractivity contribution in [3.63, 3.8) is 0 Å². The Morgan fingerprint density at radius 2 is 1.90 bits per heavy atom. The average Bonchev–Trinajstić information content (AvgIpc) is 2.42. The molecule has 0 unspecified atom stereocenters. The fraction of sp³-hybridized carbons (Fsp3) is 0.133. The van der Waals surface area contributed by atoms with Gasteiger partial charge in [0.15, 0.2) is 0 Å². The predicted octanol–water partition coefficient (Wildman–Crippen LogP) is 3.60. The largest absolute Gasteiger partial charge is 0.322 e. The highest BCUT2D eigenvalue weighted by atomic mass is 19.1. The smallest absolute Gasteiger partial charge is 0.285 e. The van der Waals surface area contributed by atoms with Crippen molar-refractivity contribution in [3.05, 3.63) is 69.0 Å². The molecular weight excluding hydrogens is 275 g/mol. The molecule has 0 heterocycles. The van der Waals surface area contributed by atoms with Crippen LogP contribution in [0.1, 0.15) is 21.5 Å². The summed E-state index contributed by atoms with van der Waals surface area (Å²) in [4.78, 5) is 22.6. The van der Waals surface area contributed by atoms with Gasteiger partial charge in [0, 0.05) is 11.3 Å². The first-order valence-corrected chi connectivity index (χ1v) is 6.21. The summed E-state index contributed by atoms with van der Waals surface area (Å²) >= 11 is 0. The maximum atomic E-state index is 13.4. The molecule has 0 atom stereocenters. The number of hydrogen-bond acceptors (Lipinski definition) is 3. The number of aryl methyl sites for hydroxylation is 2. The van der Waals surface area contributed by atoms with Crippen molar-refractivity contribution in [1.29, 1.82) is 0 Å². The molecule has 0 aliphatic carbocycles. The Balaban J connectivity index is 2.35. The Kier molecular flexibility index (Phi) is 3.98. The first-order valence-electron chi connectivity index (χ1n) is 6.21. The van der Waals surface area contributed by atoms with E-state index in [0.717, 1.165) is 0 Å². The molecule has 0 aliphatic rings. The Bertz CT molecular complexity index is 729. The predicted molar refractivity (Wildman–Crippen MR) is 76.9 cm³/mol. The van der Waals surface area contributed by atoms with Gasteiger partial charge in [-0.3, -0.25) is 14.9 Å². The number of nitro benzene ring substituents is 1. The zero-order valence-corrected chi connectivity index (χ0v) is 11.5. The van der Waals surface area contributed by atoms with Crippen LogP contribution in [0.3, 0.4) is 0 Å². The Morgan fingerprint density at radius 3 is 2.52 bits per heavy atom. The van der Waals surface area contributed by atoms with Crippen molar-refractivity contribution in [2.24, 2.45) is 0 Å². The zero-order valence-electron chi connectivity index (χ0n) is 11.5. The monoisotopic (exact) mass is 288 g/mol. The molecule has 0 saturated carbocycles. The van der Waals surface area contributed by atoms with Crippen LogP contribution < -0.4 is 5.32 Å². The number of rotatable bonds is 3. The first-order chi connectivity index (χ1) is 9.90. The number of nitrogens with one attached hydrogen (secondary N) is 1. The lowest BCUT2D eigenvalue weighted by Crippen LogP contribution is -2.14. The summed E-state index contributed by atoms with van der Waals surface area (Å²) in [6, 6.07) is 8.72. The minimum absolute atomic E-state index is 0.0546. The van der Waals surface area contributed by atoms with Crippen molar-refractivity contribution in [1.82, 2.24) is 0 Å². The zero-order chi connectivity index (χ0) is 15.6. The number of anilines is 1. The van der Waals surface area contributed by atoms with Crippen molar-refractivity contribution >= 4 is 17.3 Å². The van der Waals surface area contributed by atoms with Gasteiger partial charge >= 0.3 is 0 Å². The molecule has 1 N–H and O–H groups in total. The van der Waals surface area contributed by atoms with Gasteiger partial charge in [-0.2, -0.15) is 0 Å². The topological polar surface area (TPSA) is 72.2 Å². The molecule has 0 bridgehead atoms. The fourth-order valence-electron chi connectivity index (χ4n) is 1.95. The normalized spacial score (nSPS) is 10.2. The molecule has 0 saturated heterocycles. The second-order valence-electron chi connectivity index (χ2n) is 4.65. The van der Waals surface area contributed by atoms with E-state index in [1.165, 1.54) is 24.3 Å². The minimum Gasteiger partial charge on any atom is -0.322 e. The Morgan fingerprint density at radius 1 is 1.19 bits per heavy atom. The second kappa shape index (κ2) is 5.70. The van der Waals surface area contributed by atoms with Crippen molar-refractivity contribution in [2.75, 3.05) is 5.32 Å². The summed E-state index contributed by atoms with van der Waals surface area (Å²) in [7, 11) is 0. The maximum absolute atomic E-state index is 13.4. The summed E-state index contributed by atoms with van der Waals surface area (Å²) in [6.45, 7) is 3.16. The van der Waals surface area contributed by atoms with E-state index in [9.17, 15) is 19.3 Å². The molecule has 6 heteroatoms. The highest BCUT2D eigenvalue weighted by molar-refractivity contribution is 6.07. The van der Waals surface area contributed by atoms with Crippen LogP contribution in [0.5, 0.6) is 0 Å². The summed E-state index contributed by atoms with van der Waals surface area (Å²) in [5.41, 5.74) is 0.791. The lowest BCUT2D eigenvalue weighted by molar-refractivity contribution is -0.385. The molecule has 2 rings (SSSR count). The van der Waals surface area contributed by atoms with E-state index in [0.29, 0.717) is 11.1 Å². The molecule has 5 nitrogen and oxygen atoms in total. The number of halogens is 1. The number of nitro groups is 1.